The van der Waals surface area contributed by atoms with Gasteiger partial charge in [0.25, 0.3) is 10.2 Å². The molecule has 2 saturated heterocycles. The summed E-state index contributed by atoms with van der Waals surface area (Å²) >= 11 is 0. The standard InChI is InChI=1S/C12H25BN4O7S.C2HF3O2/c14-9-5-24-6-10(9)16-25(22,23)17-4-8(2-1-3-13(20)21)12(15,7-17)11(18)19;3-2(4,5)1(6)7/h8-10,16,20-21H,1-7,14-15H2,(H,18,19);(H,6,7)/t8-,9-,10-,12-;/m1./s1. The third-order valence-corrected chi connectivity index (χ3v) is 6.57. The van der Waals surface area contributed by atoms with E-state index in [2.05, 4.69) is 4.72 Å². The Bertz CT molecular complexity index is 773. The van der Waals surface area contributed by atoms with Crippen LogP contribution in [0.15, 0.2) is 0 Å². The molecule has 18 heteroatoms. The number of carboxylic acid groups (broad SMARTS) is 2. The summed E-state index contributed by atoms with van der Waals surface area (Å²) in [5, 5.41) is 34.4. The van der Waals surface area contributed by atoms with Crippen molar-refractivity contribution in [2.75, 3.05) is 26.3 Å². The van der Waals surface area contributed by atoms with Gasteiger partial charge in [-0.1, -0.05) is 6.42 Å². The molecule has 0 spiro atoms. The molecule has 2 aliphatic rings. The van der Waals surface area contributed by atoms with E-state index in [9.17, 15) is 31.5 Å². The van der Waals surface area contributed by atoms with Gasteiger partial charge < -0.3 is 36.5 Å². The SMILES string of the molecule is N[C@@H]1COC[C@H]1NS(=O)(=O)N1C[C@@H](CCCB(O)O)[C@@](N)(C(=O)O)C1.O=C(O)C(F)(F)F. The van der Waals surface area contributed by atoms with Gasteiger partial charge in [0.15, 0.2) is 0 Å². The predicted molar refractivity (Wildman–Crippen MR) is 102 cm³/mol. The fraction of sp³-hybridized carbons (Fsp3) is 0.857. The first kappa shape index (κ1) is 28.5. The summed E-state index contributed by atoms with van der Waals surface area (Å²) in [7, 11) is -5.47. The Hall–Kier alpha value is -1.54. The first-order valence-corrected chi connectivity index (χ1v) is 10.7. The second kappa shape index (κ2) is 11.1. The largest absolute Gasteiger partial charge is 0.490 e. The van der Waals surface area contributed by atoms with Gasteiger partial charge in [-0.05, 0) is 12.7 Å². The lowest BCUT2D eigenvalue weighted by Gasteiger charge is -2.25. The Balaban J connectivity index is 0.000000633. The highest BCUT2D eigenvalue weighted by atomic mass is 32.2. The van der Waals surface area contributed by atoms with Crippen LogP contribution in [-0.4, -0.2) is 102 Å². The summed E-state index contributed by atoms with van der Waals surface area (Å²) in [6, 6.07) is -1.05. The van der Waals surface area contributed by atoms with Crippen LogP contribution in [0.1, 0.15) is 12.8 Å². The second-order valence-electron chi connectivity index (χ2n) is 7.48. The molecule has 32 heavy (non-hydrogen) atoms. The molecule has 2 rings (SSSR count). The molecule has 0 aliphatic carbocycles. The van der Waals surface area contributed by atoms with Crippen molar-refractivity contribution in [3.8, 4) is 0 Å². The quantitative estimate of drug-likeness (QED) is 0.170. The van der Waals surface area contributed by atoms with Crippen molar-refractivity contribution in [1.82, 2.24) is 9.03 Å². The fourth-order valence-electron chi connectivity index (χ4n) is 3.17. The molecule has 13 nitrogen and oxygen atoms in total. The van der Waals surface area contributed by atoms with E-state index in [1.54, 1.807) is 0 Å². The molecule has 0 amide bonds. The van der Waals surface area contributed by atoms with Gasteiger partial charge in [0, 0.05) is 25.0 Å². The Labute approximate surface area is 181 Å². The Morgan fingerprint density at radius 3 is 2.22 bits per heavy atom. The first-order chi connectivity index (χ1) is 14.5. The Kier molecular flexibility index (Phi) is 9.85. The topological polar surface area (TPSA) is 226 Å². The molecule has 2 fully saturated rings. The summed E-state index contributed by atoms with van der Waals surface area (Å²) in [4.78, 5) is 20.5. The zero-order chi connectivity index (χ0) is 24.9. The average Bonchev–Trinajstić information content (AvgIpc) is 3.19. The number of nitrogens with two attached hydrogens (primary N) is 2. The second-order valence-corrected chi connectivity index (χ2v) is 9.18. The molecule has 2 heterocycles. The van der Waals surface area contributed by atoms with Crippen LogP contribution in [-0.2, 0) is 24.5 Å². The van der Waals surface area contributed by atoms with Crippen LogP contribution in [0.4, 0.5) is 13.2 Å². The summed E-state index contributed by atoms with van der Waals surface area (Å²) in [6.07, 6.45) is -4.44. The van der Waals surface area contributed by atoms with Crippen molar-refractivity contribution in [1.29, 1.82) is 0 Å². The van der Waals surface area contributed by atoms with Crippen molar-refractivity contribution >= 4 is 29.3 Å². The molecular formula is C14H26BF3N4O9S. The number of rotatable bonds is 8. The van der Waals surface area contributed by atoms with Crippen LogP contribution in [0.2, 0.25) is 6.32 Å². The number of hydrogen-bond donors (Lipinski definition) is 7. The van der Waals surface area contributed by atoms with E-state index in [-0.39, 0.29) is 39.0 Å². The van der Waals surface area contributed by atoms with Gasteiger partial charge in [-0.3, -0.25) is 4.79 Å². The van der Waals surface area contributed by atoms with E-state index in [0.29, 0.717) is 6.42 Å². The van der Waals surface area contributed by atoms with E-state index < -0.39 is 59.0 Å². The van der Waals surface area contributed by atoms with Crippen LogP contribution < -0.4 is 16.2 Å². The van der Waals surface area contributed by atoms with Crippen LogP contribution in [0.3, 0.4) is 0 Å². The van der Waals surface area contributed by atoms with Crippen LogP contribution in [0.25, 0.3) is 0 Å². The fourth-order valence-corrected chi connectivity index (χ4v) is 4.71. The molecular weight excluding hydrogens is 468 g/mol. The summed E-state index contributed by atoms with van der Waals surface area (Å²) in [5.41, 5.74) is 10.0. The summed E-state index contributed by atoms with van der Waals surface area (Å²) in [6.45, 7) is -0.0384. The van der Waals surface area contributed by atoms with Gasteiger partial charge >= 0.3 is 25.2 Å². The minimum Gasteiger partial charge on any atom is -0.480 e. The van der Waals surface area contributed by atoms with Crippen LogP contribution in [0.5, 0.6) is 0 Å². The van der Waals surface area contributed by atoms with E-state index in [4.69, 9.17) is 36.2 Å². The maximum Gasteiger partial charge on any atom is 0.490 e. The number of nitrogens with zero attached hydrogens (tertiary/aromatic N) is 1. The van der Waals surface area contributed by atoms with Crippen LogP contribution in [0, 0.1) is 5.92 Å². The summed E-state index contributed by atoms with van der Waals surface area (Å²) in [5.74, 6) is -4.69. The van der Waals surface area contributed by atoms with E-state index in [0.717, 1.165) is 4.31 Å². The van der Waals surface area contributed by atoms with Crippen molar-refractivity contribution in [3.05, 3.63) is 0 Å². The maximum atomic E-state index is 12.5. The van der Waals surface area contributed by atoms with Gasteiger partial charge in [0.1, 0.15) is 5.54 Å². The molecule has 0 radical (unpaired) electrons. The number of halogens is 3. The zero-order valence-electron chi connectivity index (χ0n) is 16.7. The molecule has 0 aromatic carbocycles. The van der Waals surface area contributed by atoms with Crippen LogP contribution >= 0.6 is 0 Å². The van der Waals surface area contributed by atoms with Gasteiger partial charge in [0.2, 0.25) is 0 Å². The number of aliphatic carboxylic acids is 2. The molecule has 186 valence electrons. The molecule has 0 aromatic rings. The van der Waals surface area contributed by atoms with Crippen molar-refractivity contribution in [2.24, 2.45) is 17.4 Å². The molecule has 0 bridgehead atoms. The number of hydrogen-bond acceptors (Lipinski definition) is 9. The highest BCUT2D eigenvalue weighted by molar-refractivity contribution is 7.87. The number of nitrogens with one attached hydrogen (secondary N) is 1. The van der Waals surface area contributed by atoms with E-state index >= 15 is 0 Å². The van der Waals surface area contributed by atoms with Gasteiger partial charge in [-0.15, -0.1) is 0 Å². The van der Waals surface area contributed by atoms with Crippen molar-refractivity contribution in [3.63, 3.8) is 0 Å². The van der Waals surface area contributed by atoms with Gasteiger partial charge in [0.05, 0.1) is 19.3 Å². The lowest BCUT2D eigenvalue weighted by molar-refractivity contribution is -0.192. The van der Waals surface area contributed by atoms with Gasteiger partial charge in [-0.25, -0.2) is 4.79 Å². The van der Waals surface area contributed by atoms with E-state index in [1.165, 1.54) is 0 Å². The molecule has 4 atom stereocenters. The number of carbonyl (C=O) groups is 2. The lowest BCUT2D eigenvalue weighted by atomic mass is 9.78. The maximum absolute atomic E-state index is 12.5. The van der Waals surface area contributed by atoms with Gasteiger partial charge in [-0.2, -0.15) is 30.6 Å². The smallest absolute Gasteiger partial charge is 0.480 e. The lowest BCUT2D eigenvalue weighted by Crippen LogP contribution is -2.56. The zero-order valence-corrected chi connectivity index (χ0v) is 17.5. The molecule has 0 aromatic heterocycles. The normalized spacial score (nSPS) is 28.8. The van der Waals surface area contributed by atoms with E-state index in [1.807, 2.05) is 0 Å². The number of alkyl halides is 3. The average molecular weight is 494 g/mol. The Morgan fingerprint density at radius 1 is 1.25 bits per heavy atom. The number of carboxylic acids is 2. The minimum atomic E-state index is -5.08. The predicted octanol–water partition coefficient (Wildman–Crippen LogP) is -2.85. The Morgan fingerprint density at radius 2 is 1.81 bits per heavy atom. The molecule has 0 unspecified atom stereocenters. The highest BCUT2D eigenvalue weighted by Crippen LogP contribution is 2.32. The first-order valence-electron chi connectivity index (χ1n) is 9.30. The third-order valence-electron chi connectivity index (χ3n) is 5.01. The highest BCUT2D eigenvalue weighted by Gasteiger charge is 2.52. The molecule has 9 N–H and O–H groups in total. The van der Waals surface area contributed by atoms with Crippen molar-refractivity contribution < 1.29 is 56.2 Å². The third kappa shape index (κ3) is 7.80. The monoisotopic (exact) mass is 494 g/mol. The van der Waals surface area contributed by atoms with Crippen molar-refractivity contribution in [2.45, 2.75) is 43.0 Å². The summed E-state index contributed by atoms with van der Waals surface area (Å²) < 4.78 is 65.4. The minimum absolute atomic E-state index is 0.0610. The number of ether oxygens (including phenoxy) is 1. The molecule has 0 saturated carbocycles. The molecule has 2 aliphatic heterocycles.